The number of nitrogens with zero attached hydrogens (tertiary/aromatic N) is 1. The summed E-state index contributed by atoms with van der Waals surface area (Å²) >= 11 is 0. The highest BCUT2D eigenvalue weighted by atomic mass is 16.3. The van der Waals surface area contributed by atoms with E-state index in [1.165, 1.54) is 0 Å². The topological polar surface area (TPSA) is 45.5 Å². The van der Waals surface area contributed by atoms with Gasteiger partial charge in [-0.05, 0) is 32.1 Å². The van der Waals surface area contributed by atoms with E-state index in [2.05, 4.69) is 5.32 Å². The fraction of sp³-hybridized carbons (Fsp3) is 0.357. The molecular formula is C14H18N2O2. The second-order valence-corrected chi connectivity index (χ2v) is 4.28. The average Bonchev–Trinajstić information content (AvgIpc) is 2.82. The standard InChI is InChI=1S/C14H18N2O2/c1-15-9-5-8-14(17)16(2)12-10-18-13-7-4-3-6-11(12)13/h3-4,6-7,10,15H,5,8-9H2,1-2H3. The second kappa shape index (κ2) is 5.69. The number of hydrogen-bond donors (Lipinski definition) is 1. The highest BCUT2D eigenvalue weighted by Crippen LogP contribution is 2.28. The molecule has 0 aliphatic carbocycles. The first kappa shape index (κ1) is 12.6. The number of furan rings is 1. The van der Waals surface area contributed by atoms with Crippen molar-refractivity contribution < 1.29 is 9.21 Å². The van der Waals surface area contributed by atoms with Crippen molar-refractivity contribution in [2.75, 3.05) is 25.5 Å². The van der Waals surface area contributed by atoms with Crippen LogP contribution in [0.5, 0.6) is 0 Å². The number of hydrogen-bond acceptors (Lipinski definition) is 3. The zero-order valence-electron chi connectivity index (χ0n) is 10.8. The molecule has 18 heavy (non-hydrogen) atoms. The molecule has 0 atom stereocenters. The van der Waals surface area contributed by atoms with Gasteiger partial charge < -0.3 is 14.6 Å². The number of nitrogens with one attached hydrogen (secondary N) is 1. The lowest BCUT2D eigenvalue weighted by Gasteiger charge is -2.15. The van der Waals surface area contributed by atoms with Crippen LogP contribution in [0.1, 0.15) is 12.8 Å². The van der Waals surface area contributed by atoms with Crippen LogP contribution in [0.25, 0.3) is 11.0 Å². The van der Waals surface area contributed by atoms with Gasteiger partial charge in [0.2, 0.25) is 5.91 Å². The van der Waals surface area contributed by atoms with E-state index in [1.807, 2.05) is 31.3 Å². The molecule has 0 spiro atoms. The Kier molecular flexibility index (Phi) is 3.99. The molecule has 1 heterocycles. The third-order valence-corrected chi connectivity index (χ3v) is 3.01. The minimum Gasteiger partial charge on any atom is -0.462 e. The first-order valence-corrected chi connectivity index (χ1v) is 6.11. The zero-order chi connectivity index (χ0) is 13.0. The van der Waals surface area contributed by atoms with Crippen molar-refractivity contribution in [3.05, 3.63) is 30.5 Å². The van der Waals surface area contributed by atoms with Crippen molar-refractivity contribution in [1.82, 2.24) is 5.32 Å². The molecule has 4 nitrogen and oxygen atoms in total. The Morgan fingerprint density at radius 2 is 2.17 bits per heavy atom. The van der Waals surface area contributed by atoms with E-state index in [1.54, 1.807) is 18.2 Å². The second-order valence-electron chi connectivity index (χ2n) is 4.28. The van der Waals surface area contributed by atoms with Crippen molar-refractivity contribution in [1.29, 1.82) is 0 Å². The Morgan fingerprint density at radius 3 is 2.94 bits per heavy atom. The van der Waals surface area contributed by atoms with Crippen LogP contribution in [-0.4, -0.2) is 26.5 Å². The normalized spacial score (nSPS) is 10.8. The van der Waals surface area contributed by atoms with Gasteiger partial charge in [-0.15, -0.1) is 0 Å². The maximum absolute atomic E-state index is 12.0. The predicted octanol–water partition coefficient (Wildman–Crippen LogP) is 2.40. The van der Waals surface area contributed by atoms with E-state index in [0.717, 1.165) is 29.6 Å². The highest BCUT2D eigenvalue weighted by Gasteiger charge is 2.15. The van der Waals surface area contributed by atoms with Crippen LogP contribution in [0.4, 0.5) is 5.69 Å². The summed E-state index contributed by atoms with van der Waals surface area (Å²) in [5, 5.41) is 4.01. The molecule has 1 aromatic heterocycles. The van der Waals surface area contributed by atoms with Crippen molar-refractivity contribution in [3.8, 4) is 0 Å². The summed E-state index contributed by atoms with van der Waals surface area (Å²) < 4.78 is 5.44. The Morgan fingerprint density at radius 1 is 1.39 bits per heavy atom. The van der Waals surface area contributed by atoms with Crippen molar-refractivity contribution in [3.63, 3.8) is 0 Å². The Hall–Kier alpha value is -1.81. The van der Waals surface area contributed by atoms with Crippen LogP contribution in [0.2, 0.25) is 0 Å². The molecule has 0 radical (unpaired) electrons. The summed E-state index contributed by atoms with van der Waals surface area (Å²) in [6.07, 6.45) is 3.02. The minimum absolute atomic E-state index is 0.108. The first-order chi connectivity index (χ1) is 8.74. The van der Waals surface area contributed by atoms with Gasteiger partial charge in [0, 0.05) is 18.9 Å². The summed E-state index contributed by atoms with van der Waals surface area (Å²) in [5.74, 6) is 0.108. The molecule has 0 aliphatic rings. The van der Waals surface area contributed by atoms with Gasteiger partial charge >= 0.3 is 0 Å². The fourth-order valence-corrected chi connectivity index (χ4v) is 1.94. The predicted molar refractivity (Wildman–Crippen MR) is 72.8 cm³/mol. The number of benzene rings is 1. The molecule has 2 aromatic rings. The molecule has 0 saturated carbocycles. The van der Waals surface area contributed by atoms with E-state index >= 15 is 0 Å². The lowest BCUT2D eigenvalue weighted by molar-refractivity contribution is -0.118. The zero-order valence-corrected chi connectivity index (χ0v) is 10.8. The van der Waals surface area contributed by atoms with E-state index in [0.29, 0.717) is 6.42 Å². The smallest absolute Gasteiger partial charge is 0.226 e. The summed E-state index contributed by atoms with van der Waals surface area (Å²) in [5.41, 5.74) is 1.64. The van der Waals surface area contributed by atoms with E-state index in [4.69, 9.17) is 4.42 Å². The van der Waals surface area contributed by atoms with E-state index in [-0.39, 0.29) is 5.91 Å². The molecule has 1 N–H and O–H groups in total. The minimum atomic E-state index is 0.108. The van der Waals surface area contributed by atoms with Crippen LogP contribution in [-0.2, 0) is 4.79 Å². The maximum atomic E-state index is 12.0. The monoisotopic (exact) mass is 246 g/mol. The first-order valence-electron chi connectivity index (χ1n) is 6.11. The SMILES string of the molecule is CNCCCC(=O)N(C)c1coc2ccccc12. The quantitative estimate of drug-likeness (QED) is 0.824. The number of para-hydroxylation sites is 1. The maximum Gasteiger partial charge on any atom is 0.226 e. The molecule has 1 aromatic carbocycles. The summed E-state index contributed by atoms with van der Waals surface area (Å²) in [7, 11) is 3.68. The lowest BCUT2D eigenvalue weighted by Crippen LogP contribution is -2.26. The lowest BCUT2D eigenvalue weighted by atomic mass is 10.2. The third kappa shape index (κ3) is 2.54. The van der Waals surface area contributed by atoms with Gasteiger partial charge in [-0.2, -0.15) is 0 Å². The van der Waals surface area contributed by atoms with Gasteiger partial charge in [-0.25, -0.2) is 0 Å². The van der Waals surface area contributed by atoms with E-state index in [9.17, 15) is 4.79 Å². The van der Waals surface area contributed by atoms with Crippen LogP contribution in [0, 0.1) is 0 Å². The van der Waals surface area contributed by atoms with Crippen molar-refractivity contribution in [2.45, 2.75) is 12.8 Å². The summed E-state index contributed by atoms with van der Waals surface area (Å²) in [6.45, 7) is 0.853. The number of carbonyl (C=O) groups excluding carboxylic acids is 1. The molecule has 0 unspecified atom stereocenters. The molecule has 2 rings (SSSR count). The molecule has 0 fully saturated rings. The molecular weight excluding hydrogens is 228 g/mol. The van der Waals surface area contributed by atoms with Crippen LogP contribution in [0.15, 0.2) is 34.9 Å². The van der Waals surface area contributed by atoms with Gasteiger partial charge in [0.1, 0.15) is 11.8 Å². The van der Waals surface area contributed by atoms with Crippen LogP contribution in [0.3, 0.4) is 0 Å². The van der Waals surface area contributed by atoms with Gasteiger partial charge in [-0.3, -0.25) is 4.79 Å². The van der Waals surface area contributed by atoms with Gasteiger partial charge in [-0.1, -0.05) is 12.1 Å². The summed E-state index contributed by atoms with van der Waals surface area (Å²) in [6, 6.07) is 7.73. The molecule has 96 valence electrons. The van der Waals surface area contributed by atoms with Gasteiger partial charge in [0.15, 0.2) is 0 Å². The molecule has 0 saturated heterocycles. The van der Waals surface area contributed by atoms with Crippen LogP contribution >= 0.6 is 0 Å². The molecule has 4 heteroatoms. The fourth-order valence-electron chi connectivity index (χ4n) is 1.94. The summed E-state index contributed by atoms with van der Waals surface area (Å²) in [4.78, 5) is 13.7. The molecule has 1 amide bonds. The van der Waals surface area contributed by atoms with Gasteiger partial charge in [0.25, 0.3) is 0 Å². The number of amides is 1. The Labute approximate surface area is 107 Å². The molecule has 0 bridgehead atoms. The Balaban J connectivity index is 2.13. The number of anilines is 1. The number of rotatable bonds is 5. The Bertz CT molecular complexity index is 533. The van der Waals surface area contributed by atoms with Gasteiger partial charge in [0.05, 0.1) is 5.69 Å². The van der Waals surface area contributed by atoms with Crippen molar-refractivity contribution >= 4 is 22.6 Å². The third-order valence-electron chi connectivity index (χ3n) is 3.01. The van der Waals surface area contributed by atoms with Crippen LogP contribution < -0.4 is 10.2 Å². The highest BCUT2D eigenvalue weighted by molar-refractivity contribution is 6.01. The number of fused-ring (bicyclic) bond motifs is 1. The largest absolute Gasteiger partial charge is 0.462 e. The van der Waals surface area contributed by atoms with Crippen molar-refractivity contribution in [2.24, 2.45) is 0 Å². The van der Waals surface area contributed by atoms with E-state index < -0.39 is 0 Å². The molecule has 0 aliphatic heterocycles. The average molecular weight is 246 g/mol. The number of carbonyl (C=O) groups is 1.